The van der Waals surface area contributed by atoms with Crippen LogP contribution in [0.5, 0.6) is 28.7 Å². The number of imidazole rings is 1. The van der Waals surface area contributed by atoms with E-state index in [9.17, 15) is 78.9 Å². The summed E-state index contributed by atoms with van der Waals surface area (Å²) in [5.41, 5.74) is 25.5. The molecule has 143 heavy (non-hydrogen) atoms. The second-order valence-electron chi connectivity index (χ2n) is 37.2. The molecule has 5 aromatic rings. The number of oxime groups is 1. The normalized spacial score (nSPS) is 19.0. The van der Waals surface area contributed by atoms with Gasteiger partial charge in [-0.2, -0.15) is 0 Å². The molecule has 2 aliphatic carbocycles. The zero-order valence-electron chi connectivity index (χ0n) is 81.7. The van der Waals surface area contributed by atoms with Gasteiger partial charge >= 0.3 is 0 Å². The molecule has 4 aromatic carbocycles. The van der Waals surface area contributed by atoms with E-state index in [0.717, 1.165) is 0 Å². The van der Waals surface area contributed by atoms with Crippen molar-refractivity contribution in [1.29, 1.82) is 10.8 Å². The Morgan fingerprint density at radius 3 is 1.53 bits per heavy atom. The number of carbonyl (C=O) groups is 14. The van der Waals surface area contributed by atoms with E-state index < -0.39 is 251 Å². The van der Waals surface area contributed by atoms with Gasteiger partial charge in [0.25, 0.3) is 5.91 Å². The number of amides is 12. The number of fused-ring (bicyclic) bond motifs is 3. The van der Waals surface area contributed by atoms with Gasteiger partial charge in [-0.05, 0) is 151 Å². The van der Waals surface area contributed by atoms with Crippen LogP contribution in [0.4, 0.5) is 0 Å². The van der Waals surface area contributed by atoms with Gasteiger partial charge in [-0.3, -0.25) is 77.9 Å². The average Bonchev–Trinajstić information content (AvgIpc) is 0.744. The minimum absolute atomic E-state index is 0.000207. The number of nitrogens with two attached hydrogens (primary N) is 5. The number of aliphatic hydroxyl groups excluding tert-OH is 2. The minimum Gasteiger partial charge on any atom is -0.508 e. The molecule has 8 rings (SSSR count). The summed E-state index contributed by atoms with van der Waals surface area (Å²) in [6.45, 7) is 14.6. The molecule has 1 fully saturated rings. The van der Waals surface area contributed by atoms with Crippen LogP contribution in [0.1, 0.15) is 206 Å². The number of H-pyrrole nitrogens is 1. The summed E-state index contributed by atoms with van der Waals surface area (Å²) < 4.78 is 17.8. The van der Waals surface area contributed by atoms with Crippen LogP contribution >= 0.6 is 0 Å². The maximum Gasteiger partial charge on any atom is 0.261 e. The first-order chi connectivity index (χ1) is 67.5. The highest BCUT2D eigenvalue weighted by Crippen LogP contribution is 2.53. The number of benzene rings is 4. The Morgan fingerprint density at radius 2 is 1.05 bits per heavy atom. The summed E-state index contributed by atoms with van der Waals surface area (Å²) in [4.78, 5) is 215. The number of aromatic hydroxyl groups is 4. The number of ketones is 2. The first-order valence-electron chi connectivity index (χ1n) is 47.2. The molecule has 0 saturated carbocycles. The molecule has 0 unspecified atom stereocenters. The number of nitrogens with zero attached hydrogens (tertiary/aromatic N) is 2. The van der Waals surface area contributed by atoms with Crippen molar-refractivity contribution in [3.63, 3.8) is 0 Å². The Balaban J connectivity index is 1.01. The van der Waals surface area contributed by atoms with E-state index in [1.165, 1.54) is 114 Å². The molecule has 1 aliphatic heterocycles. The van der Waals surface area contributed by atoms with Gasteiger partial charge in [-0.25, -0.2) is 4.98 Å². The lowest BCUT2D eigenvalue weighted by atomic mass is 9.72. The molecule has 18 atom stereocenters. The fourth-order valence-electron chi connectivity index (χ4n) is 16.7. The zero-order chi connectivity index (χ0) is 106. The van der Waals surface area contributed by atoms with E-state index in [1.54, 1.807) is 41.5 Å². The molecule has 0 bridgehead atoms. The predicted molar refractivity (Wildman–Crippen MR) is 517 cm³/mol. The molecule has 3 aliphatic rings. The van der Waals surface area contributed by atoms with Crippen LogP contribution in [0.15, 0.2) is 84.4 Å². The van der Waals surface area contributed by atoms with Crippen LogP contribution in [0.3, 0.4) is 0 Å². The van der Waals surface area contributed by atoms with Gasteiger partial charge in [0.1, 0.15) is 101 Å². The number of ether oxygens (including phenoxy) is 3. The number of nitrogens with one attached hydrogen (secondary N) is 16. The molecule has 0 spiro atoms. The average molecular weight is 2000 g/mol. The second kappa shape index (κ2) is 53.1. The van der Waals surface area contributed by atoms with E-state index in [4.69, 9.17) is 58.5 Å². The van der Waals surface area contributed by atoms with Gasteiger partial charge in [0, 0.05) is 86.2 Å². The van der Waals surface area contributed by atoms with Gasteiger partial charge in [0.05, 0.1) is 60.3 Å². The number of rotatable bonds is 53. The third-order valence-corrected chi connectivity index (χ3v) is 24.4. The molecule has 0 radical (unpaired) electrons. The Labute approximate surface area is 825 Å². The first kappa shape index (κ1) is 114. The van der Waals surface area contributed by atoms with E-state index in [1.807, 2.05) is 0 Å². The SMILES string of the molecule is COc1cccc2c1C(=O)c1c(O)c3c(c(O)c1C2=O)C[C@@](O)(/C(C)=N/OCC(=O)N[C@@H](CC(C)C)C(=O)N[C@@H](CCCNC(=N)N)C(=O)N[C@@H](CCCNC(=N)N)C(=O)N[C@@H](Cc1ccc(O)cc1)C(=O)N[C@H](C(=O)N[C@@H](Cc1cnc[nH]1)C(=O)N[C@@H](CC(C)C)C(=O)N[C@@H](CCCCN)C(=O)N[C@@H](Cc1ccc(O)cc1)C(=O)N[C@@H](C)C(=O)N[C@H](C(N)=O)[C@@H](C)O)C(C)C)C[C@@H]3O[C@H]1C[C@H](N)[C@H](O)[C@H](C)O1. The number of primary amides is 1. The summed E-state index contributed by atoms with van der Waals surface area (Å²) in [5, 5.41) is 132. The highest BCUT2D eigenvalue weighted by Gasteiger charge is 2.50. The summed E-state index contributed by atoms with van der Waals surface area (Å²) >= 11 is 0. The van der Waals surface area contributed by atoms with Crippen molar-refractivity contribution < 1.29 is 122 Å². The smallest absolute Gasteiger partial charge is 0.261 e. The lowest BCUT2D eigenvalue weighted by molar-refractivity contribution is -0.245. The van der Waals surface area contributed by atoms with Crippen molar-refractivity contribution in [1.82, 2.24) is 79.1 Å². The highest BCUT2D eigenvalue weighted by atomic mass is 16.7. The lowest BCUT2D eigenvalue weighted by Crippen LogP contribution is -2.62. The summed E-state index contributed by atoms with van der Waals surface area (Å²) in [7, 11) is 1.28. The molecular formula is C95H137N23O25. The summed E-state index contributed by atoms with van der Waals surface area (Å²) in [5.74, 6) is -17.4. The molecular weight excluding hydrogens is 1860 g/mol. The predicted octanol–water partition coefficient (Wildman–Crippen LogP) is -2.68. The number of guanidine groups is 2. The van der Waals surface area contributed by atoms with Gasteiger partial charge in [0.2, 0.25) is 70.8 Å². The third kappa shape index (κ3) is 32.4. The van der Waals surface area contributed by atoms with Gasteiger partial charge < -0.3 is 158 Å². The molecule has 782 valence electrons. The number of hydrogen-bond donors (Lipinski definition) is 28. The van der Waals surface area contributed by atoms with Gasteiger partial charge in [-0.1, -0.05) is 83.1 Å². The van der Waals surface area contributed by atoms with Crippen LogP contribution in [0, 0.1) is 28.6 Å². The summed E-state index contributed by atoms with van der Waals surface area (Å²) in [6.07, 6.45) is -5.61. The number of phenolic OH excluding ortho intramolecular Hbond substituents is 4. The van der Waals surface area contributed by atoms with Crippen LogP contribution < -0.4 is 103 Å². The van der Waals surface area contributed by atoms with Crippen molar-refractivity contribution in [3.8, 4) is 28.7 Å². The number of phenols is 4. The van der Waals surface area contributed by atoms with Crippen molar-refractivity contribution in [3.05, 3.63) is 129 Å². The van der Waals surface area contributed by atoms with Crippen molar-refractivity contribution in [2.75, 3.05) is 33.4 Å². The van der Waals surface area contributed by atoms with Crippen LogP contribution in [0.25, 0.3) is 0 Å². The standard InChI is InChI=1S/C95H137N23O25/c1-44(2)33-62(108-69(122)42-141-118-50(10)95(139)39-57-72(68(40-95)143-70-38-58(97)77(123)49(9)142-70)81(127)74-73(79(57)125)78(124)56-17-14-21-67(140-11)71(56)80(74)126)88(134)111-60(19-15-31-104-93(99)100)84(130)109-61(20-16-32-105-94(101)102)86(132)114-65(36-52-24-28-55(121)29-25-52)91(137)116-75(46(5)6)92(138)115-66(37-53-41-103-43-106-53)90(136)112-63(34-45(3)4)89(135)110-59(18-12-13-30-96)85(131)113-64(35-51-22-26-54(120)27-23-51)87(133)107-47(7)83(129)117-76(48(8)119)82(98)128/h14,17,21-29,41,43-49,58-66,68,70,75-77,119-121,123,125,127,139H,12-13,15-16,18-20,30-40,42,96-97H2,1-11H3,(H2,98,128)(H,103,106)(H,107,133)(H,108,122)(H,109,130)(H,110,135)(H,111,134)(H,112,136)(H,113,131)(H,114,132)(H,115,138)(H,116,137)(H,117,129)(H4,99,100,104)(H4,101,102,105)/b118-50+/t47-,48+,49-,58-,59-,60-,61-,62-,63-,64-,65-,66-,68-,70-,75-,76-,77+,95-/m0/s1. The quantitative estimate of drug-likeness (QED) is 0.00608. The molecule has 1 saturated heterocycles. The Bertz CT molecular complexity index is 5360. The molecule has 2 heterocycles. The van der Waals surface area contributed by atoms with Crippen LogP contribution in [-0.4, -0.2) is 282 Å². The fourth-order valence-corrected chi connectivity index (χ4v) is 16.7. The van der Waals surface area contributed by atoms with E-state index in [0.29, 0.717) is 23.2 Å². The fraction of sp³-hybridized carbons (Fsp3) is 0.537. The summed E-state index contributed by atoms with van der Waals surface area (Å²) in [6, 6.07) is -2.16. The maximum absolute atomic E-state index is 15.2. The third-order valence-electron chi connectivity index (χ3n) is 24.4. The lowest BCUT2D eigenvalue weighted by Gasteiger charge is -2.42. The van der Waals surface area contributed by atoms with Crippen molar-refractivity contribution >= 4 is 100 Å². The Kier molecular flexibility index (Phi) is 42.3. The first-order valence-corrected chi connectivity index (χ1v) is 47.2. The van der Waals surface area contributed by atoms with Crippen LogP contribution in [0.2, 0.25) is 0 Å². The van der Waals surface area contributed by atoms with E-state index >= 15 is 24.0 Å². The molecule has 48 nitrogen and oxygen atoms in total. The molecule has 48 heteroatoms. The highest BCUT2D eigenvalue weighted by molar-refractivity contribution is 6.31. The number of aromatic amines is 1. The van der Waals surface area contributed by atoms with Crippen LogP contribution in [-0.2, 0) is 97.5 Å². The largest absolute Gasteiger partial charge is 0.508 e. The minimum atomic E-state index is -2.22. The molecule has 33 N–H and O–H groups in total. The van der Waals surface area contributed by atoms with Crippen molar-refractivity contribution in [2.24, 2.45) is 51.6 Å². The Morgan fingerprint density at radius 1 is 0.580 bits per heavy atom. The number of hydrogen-bond acceptors (Lipinski definition) is 31. The van der Waals surface area contributed by atoms with Gasteiger partial charge in [0.15, 0.2) is 30.6 Å². The molecule has 1 aromatic heterocycles. The monoisotopic (exact) mass is 2000 g/mol. The number of aliphatic hydroxyl groups is 3. The number of unbranched alkanes of at least 4 members (excludes halogenated alkanes) is 1. The van der Waals surface area contributed by atoms with Gasteiger partial charge in [-0.15, -0.1) is 0 Å². The number of carbonyl (C=O) groups excluding carboxylic acids is 14. The maximum atomic E-state index is 15.2. The second-order valence-corrected chi connectivity index (χ2v) is 37.2. The Hall–Kier alpha value is -14.2. The van der Waals surface area contributed by atoms with Crippen molar-refractivity contribution in [2.45, 2.75) is 274 Å². The molecule has 12 amide bonds. The number of methoxy groups -OCH3 is 1. The number of aromatic nitrogens is 2. The zero-order valence-corrected chi connectivity index (χ0v) is 81.7. The van der Waals surface area contributed by atoms with E-state index in [-0.39, 0.29) is 154 Å². The van der Waals surface area contributed by atoms with E-state index in [2.05, 4.69) is 84.2 Å². The topological polar surface area (TPSA) is 793 Å².